The van der Waals surface area contributed by atoms with Crippen molar-refractivity contribution in [3.8, 4) is 0 Å². The average molecular weight is 244 g/mol. The molecule has 1 aliphatic rings. The first kappa shape index (κ1) is 14.4. The highest BCUT2D eigenvalue weighted by Crippen LogP contribution is 2.18. The molecule has 3 unspecified atom stereocenters. The Balaban J connectivity index is 2.72. The molecule has 2 N–H and O–H groups in total. The zero-order valence-electron chi connectivity index (χ0n) is 11.2. The number of hydrogen-bond donors (Lipinski definition) is 2. The van der Waals surface area contributed by atoms with E-state index in [-0.39, 0.29) is 6.10 Å². The molecule has 1 aliphatic heterocycles. The third-order valence-electron chi connectivity index (χ3n) is 3.60. The summed E-state index contributed by atoms with van der Waals surface area (Å²) in [5.41, 5.74) is -0.898. The van der Waals surface area contributed by atoms with Gasteiger partial charge in [-0.3, -0.25) is 9.69 Å². The Bertz CT molecular complexity index is 272. The first-order chi connectivity index (χ1) is 7.92. The van der Waals surface area contributed by atoms with Crippen LogP contribution in [0, 0.1) is 0 Å². The van der Waals surface area contributed by atoms with Crippen LogP contribution in [0.5, 0.6) is 0 Å². The van der Waals surface area contributed by atoms with Gasteiger partial charge in [-0.1, -0.05) is 6.92 Å². The number of aliphatic carboxylic acids is 1. The predicted octanol–water partition coefficient (Wildman–Crippen LogP) is 0.548. The van der Waals surface area contributed by atoms with Crippen LogP contribution >= 0.6 is 0 Å². The number of likely N-dealkylation sites (N-methyl/N-ethyl adjacent to an activating group) is 1. The molecule has 5 heteroatoms. The van der Waals surface area contributed by atoms with Crippen LogP contribution in [0.3, 0.4) is 0 Å². The molecule has 100 valence electrons. The highest BCUT2D eigenvalue weighted by molar-refractivity contribution is 5.78. The largest absolute Gasteiger partial charge is 0.480 e. The van der Waals surface area contributed by atoms with Gasteiger partial charge >= 0.3 is 5.97 Å². The number of hydrogen-bond acceptors (Lipinski definition) is 4. The molecule has 1 heterocycles. The summed E-state index contributed by atoms with van der Waals surface area (Å²) in [6.07, 6.45) is 1.15. The summed E-state index contributed by atoms with van der Waals surface area (Å²) >= 11 is 0. The fourth-order valence-electron chi connectivity index (χ4n) is 2.14. The zero-order chi connectivity index (χ0) is 13.1. The van der Waals surface area contributed by atoms with Gasteiger partial charge in [-0.15, -0.1) is 0 Å². The van der Waals surface area contributed by atoms with Crippen LogP contribution in [0.15, 0.2) is 0 Å². The summed E-state index contributed by atoms with van der Waals surface area (Å²) in [7, 11) is 1.69. The van der Waals surface area contributed by atoms with Gasteiger partial charge in [-0.05, 0) is 27.3 Å². The fraction of sp³-hybridized carbons (Fsp3) is 0.917. The SMILES string of the molecule is CCC1COC(C)CN1CC(C)(NC)C(=O)O. The molecule has 0 spiro atoms. The van der Waals surface area contributed by atoms with Crippen LogP contribution in [-0.2, 0) is 9.53 Å². The first-order valence-electron chi connectivity index (χ1n) is 6.21. The average Bonchev–Trinajstić information content (AvgIpc) is 2.29. The minimum Gasteiger partial charge on any atom is -0.480 e. The second-order valence-corrected chi connectivity index (χ2v) is 5.02. The summed E-state index contributed by atoms with van der Waals surface area (Å²) < 4.78 is 5.61. The molecular weight excluding hydrogens is 220 g/mol. The van der Waals surface area contributed by atoms with Crippen molar-refractivity contribution in [3.63, 3.8) is 0 Å². The molecule has 0 aromatic heterocycles. The Morgan fingerprint density at radius 2 is 2.29 bits per heavy atom. The van der Waals surface area contributed by atoms with Crippen LogP contribution in [0.1, 0.15) is 27.2 Å². The molecule has 0 aromatic carbocycles. The van der Waals surface area contributed by atoms with E-state index < -0.39 is 11.5 Å². The molecule has 3 atom stereocenters. The number of carbonyl (C=O) groups is 1. The van der Waals surface area contributed by atoms with E-state index in [4.69, 9.17) is 4.74 Å². The molecule has 0 aromatic rings. The van der Waals surface area contributed by atoms with Crippen LogP contribution in [-0.4, -0.2) is 60.4 Å². The summed E-state index contributed by atoms with van der Waals surface area (Å²) in [6, 6.07) is 0.318. The predicted molar refractivity (Wildman–Crippen MR) is 66.2 cm³/mol. The van der Waals surface area contributed by atoms with Gasteiger partial charge in [0.2, 0.25) is 0 Å². The van der Waals surface area contributed by atoms with Crippen molar-refractivity contribution >= 4 is 5.97 Å². The molecule has 0 bridgehead atoms. The second kappa shape index (κ2) is 5.80. The van der Waals surface area contributed by atoms with Gasteiger partial charge < -0.3 is 15.2 Å². The van der Waals surface area contributed by atoms with Crippen molar-refractivity contribution < 1.29 is 14.6 Å². The number of ether oxygens (including phenoxy) is 1. The topological polar surface area (TPSA) is 61.8 Å². The summed E-state index contributed by atoms with van der Waals surface area (Å²) in [5, 5.41) is 12.2. The van der Waals surface area contributed by atoms with Crippen molar-refractivity contribution in [2.45, 2.75) is 44.9 Å². The molecular formula is C12H24N2O3. The number of morpholine rings is 1. The van der Waals surface area contributed by atoms with E-state index in [9.17, 15) is 9.90 Å². The van der Waals surface area contributed by atoms with Gasteiger partial charge in [-0.25, -0.2) is 0 Å². The molecule has 1 saturated heterocycles. The third-order valence-corrected chi connectivity index (χ3v) is 3.60. The summed E-state index contributed by atoms with van der Waals surface area (Å²) in [4.78, 5) is 13.5. The summed E-state index contributed by atoms with van der Waals surface area (Å²) in [5.74, 6) is -0.811. The second-order valence-electron chi connectivity index (χ2n) is 5.02. The Labute approximate surface area is 103 Å². The van der Waals surface area contributed by atoms with Crippen LogP contribution in [0.2, 0.25) is 0 Å². The van der Waals surface area contributed by atoms with Crippen molar-refractivity contribution in [1.29, 1.82) is 0 Å². The molecule has 0 amide bonds. The first-order valence-corrected chi connectivity index (χ1v) is 6.21. The lowest BCUT2D eigenvalue weighted by Crippen LogP contribution is -2.60. The monoisotopic (exact) mass is 244 g/mol. The van der Waals surface area contributed by atoms with Gasteiger partial charge in [-0.2, -0.15) is 0 Å². The number of rotatable bonds is 5. The Hall–Kier alpha value is -0.650. The Morgan fingerprint density at radius 1 is 1.65 bits per heavy atom. The molecule has 0 saturated carbocycles. The summed E-state index contributed by atoms with van der Waals surface area (Å²) in [6.45, 7) is 7.85. The van der Waals surface area contributed by atoms with E-state index in [2.05, 4.69) is 17.1 Å². The van der Waals surface area contributed by atoms with Crippen molar-refractivity contribution in [1.82, 2.24) is 10.2 Å². The number of nitrogens with one attached hydrogen (secondary N) is 1. The molecule has 0 aliphatic carbocycles. The maximum absolute atomic E-state index is 11.3. The van der Waals surface area contributed by atoms with E-state index in [1.807, 2.05) is 6.92 Å². The van der Waals surface area contributed by atoms with E-state index >= 15 is 0 Å². The van der Waals surface area contributed by atoms with E-state index in [0.29, 0.717) is 19.2 Å². The normalized spacial score (nSPS) is 29.9. The number of nitrogens with zero attached hydrogens (tertiary/aromatic N) is 1. The highest BCUT2D eigenvalue weighted by atomic mass is 16.5. The maximum Gasteiger partial charge on any atom is 0.324 e. The molecule has 1 fully saturated rings. The van der Waals surface area contributed by atoms with E-state index in [1.54, 1.807) is 14.0 Å². The van der Waals surface area contributed by atoms with Gasteiger partial charge in [0.15, 0.2) is 0 Å². The Kier molecular flexibility index (Phi) is 4.91. The maximum atomic E-state index is 11.3. The van der Waals surface area contributed by atoms with Gasteiger partial charge in [0.05, 0.1) is 12.7 Å². The van der Waals surface area contributed by atoms with Gasteiger partial charge in [0, 0.05) is 19.1 Å². The standard InChI is InChI=1S/C12H24N2O3/c1-5-10-7-17-9(2)6-14(10)8-12(3,13-4)11(15)16/h9-10,13H,5-8H2,1-4H3,(H,15,16). The minimum atomic E-state index is -0.898. The molecule has 17 heavy (non-hydrogen) atoms. The van der Waals surface area contributed by atoms with E-state index in [0.717, 1.165) is 13.0 Å². The Morgan fingerprint density at radius 3 is 2.76 bits per heavy atom. The van der Waals surface area contributed by atoms with Crippen LogP contribution in [0.4, 0.5) is 0 Å². The highest BCUT2D eigenvalue weighted by Gasteiger charge is 2.37. The quantitative estimate of drug-likeness (QED) is 0.739. The lowest BCUT2D eigenvalue weighted by molar-refractivity contribution is -0.146. The minimum absolute atomic E-state index is 0.174. The lowest BCUT2D eigenvalue weighted by atomic mass is 9.99. The van der Waals surface area contributed by atoms with Gasteiger partial charge in [0.1, 0.15) is 5.54 Å². The van der Waals surface area contributed by atoms with Crippen LogP contribution < -0.4 is 5.32 Å². The zero-order valence-corrected chi connectivity index (χ0v) is 11.2. The van der Waals surface area contributed by atoms with Crippen LogP contribution in [0.25, 0.3) is 0 Å². The smallest absolute Gasteiger partial charge is 0.324 e. The number of carboxylic acid groups (broad SMARTS) is 1. The lowest BCUT2D eigenvalue weighted by Gasteiger charge is -2.41. The molecule has 0 radical (unpaired) electrons. The fourth-order valence-corrected chi connectivity index (χ4v) is 2.14. The third kappa shape index (κ3) is 3.40. The van der Waals surface area contributed by atoms with Crippen molar-refractivity contribution in [2.75, 3.05) is 26.7 Å². The van der Waals surface area contributed by atoms with Crippen molar-refractivity contribution in [3.05, 3.63) is 0 Å². The molecule has 1 rings (SSSR count). The number of carboxylic acids is 1. The van der Waals surface area contributed by atoms with Crippen molar-refractivity contribution in [2.24, 2.45) is 0 Å². The van der Waals surface area contributed by atoms with Gasteiger partial charge in [0.25, 0.3) is 0 Å². The molecule has 5 nitrogen and oxygen atoms in total. The van der Waals surface area contributed by atoms with E-state index in [1.165, 1.54) is 0 Å².